The molecule has 0 unspecified atom stereocenters. The van der Waals surface area contributed by atoms with Gasteiger partial charge < -0.3 is 9.67 Å². The van der Waals surface area contributed by atoms with Crippen LogP contribution in [0.4, 0.5) is 0 Å². The van der Waals surface area contributed by atoms with E-state index >= 15 is 0 Å². The van der Waals surface area contributed by atoms with Crippen LogP contribution in [0.5, 0.6) is 0 Å². The van der Waals surface area contributed by atoms with Crippen LogP contribution in [0.25, 0.3) is 11.0 Å². The number of carbonyl (C=O) groups is 1. The summed E-state index contributed by atoms with van der Waals surface area (Å²) in [6, 6.07) is 5.21. The lowest BCUT2D eigenvalue weighted by Crippen LogP contribution is -2.15. The van der Waals surface area contributed by atoms with Gasteiger partial charge in [-0.3, -0.25) is 0 Å². The van der Waals surface area contributed by atoms with Crippen molar-refractivity contribution < 1.29 is 9.90 Å². The molecule has 1 aliphatic rings. The molecule has 18 heavy (non-hydrogen) atoms. The molecule has 1 aliphatic carbocycles. The normalized spacial score (nSPS) is 17.0. The third kappa shape index (κ3) is 1.52. The van der Waals surface area contributed by atoms with Crippen LogP contribution >= 0.6 is 0 Å². The first kappa shape index (κ1) is 11.3. The molecule has 1 heterocycles. The lowest BCUT2D eigenvalue weighted by atomic mass is 10.2. The van der Waals surface area contributed by atoms with Gasteiger partial charge in [0.2, 0.25) is 0 Å². The molecular weight excluding hydrogens is 228 g/mol. The third-order valence-electron chi connectivity index (χ3n) is 3.80. The molecule has 1 aromatic heterocycles. The van der Waals surface area contributed by atoms with E-state index in [-0.39, 0.29) is 5.54 Å². The first-order chi connectivity index (χ1) is 8.55. The Bertz CT molecular complexity index is 639. The van der Waals surface area contributed by atoms with E-state index in [0.717, 1.165) is 23.3 Å². The van der Waals surface area contributed by atoms with Crippen molar-refractivity contribution in [2.45, 2.75) is 38.6 Å². The van der Waals surface area contributed by atoms with Crippen LogP contribution in [0.15, 0.2) is 18.2 Å². The number of rotatable bonds is 3. The molecule has 1 N–H and O–H groups in total. The maximum absolute atomic E-state index is 11.0. The second-order valence-electron chi connectivity index (χ2n) is 5.22. The first-order valence-electron chi connectivity index (χ1n) is 6.30. The molecule has 0 bridgehead atoms. The molecule has 4 nitrogen and oxygen atoms in total. The van der Waals surface area contributed by atoms with Gasteiger partial charge in [0.15, 0.2) is 0 Å². The van der Waals surface area contributed by atoms with Crippen molar-refractivity contribution in [2.24, 2.45) is 0 Å². The number of carboxylic acids is 1. The number of fused-ring (bicyclic) bond motifs is 1. The summed E-state index contributed by atoms with van der Waals surface area (Å²) in [5.74, 6) is 0.148. The molecule has 1 saturated carbocycles. The highest BCUT2D eigenvalue weighted by molar-refractivity contribution is 5.92. The van der Waals surface area contributed by atoms with Gasteiger partial charge in [-0.15, -0.1) is 0 Å². The van der Waals surface area contributed by atoms with Crippen molar-refractivity contribution in [2.75, 3.05) is 0 Å². The van der Waals surface area contributed by atoms with E-state index in [0.29, 0.717) is 5.56 Å². The van der Waals surface area contributed by atoms with Gasteiger partial charge in [0.25, 0.3) is 0 Å². The second-order valence-corrected chi connectivity index (χ2v) is 5.22. The molecule has 4 heteroatoms. The summed E-state index contributed by atoms with van der Waals surface area (Å²) < 4.78 is 2.29. The fourth-order valence-corrected chi connectivity index (χ4v) is 2.51. The van der Waals surface area contributed by atoms with Gasteiger partial charge in [0.05, 0.1) is 16.6 Å². The van der Waals surface area contributed by atoms with E-state index in [1.54, 1.807) is 12.1 Å². The van der Waals surface area contributed by atoms with Crippen molar-refractivity contribution in [1.29, 1.82) is 0 Å². The highest BCUT2D eigenvalue weighted by Gasteiger charge is 2.41. The predicted molar refractivity (Wildman–Crippen MR) is 69.0 cm³/mol. The Morgan fingerprint density at radius 2 is 2.22 bits per heavy atom. The van der Waals surface area contributed by atoms with Crippen LogP contribution < -0.4 is 0 Å². The fraction of sp³-hybridized carbons (Fsp3) is 0.429. The summed E-state index contributed by atoms with van der Waals surface area (Å²) >= 11 is 0. The molecule has 1 aromatic carbocycles. The molecule has 0 aliphatic heterocycles. The zero-order chi connectivity index (χ0) is 12.9. The predicted octanol–water partition coefficient (Wildman–Crippen LogP) is 2.81. The lowest BCUT2D eigenvalue weighted by molar-refractivity contribution is 0.0697. The number of nitrogens with zero attached hydrogens (tertiary/aromatic N) is 2. The Kier molecular flexibility index (Phi) is 2.24. The largest absolute Gasteiger partial charge is 0.478 e. The van der Waals surface area contributed by atoms with Crippen LogP contribution in [0.1, 0.15) is 42.9 Å². The van der Waals surface area contributed by atoms with E-state index in [1.165, 1.54) is 12.8 Å². The Hall–Kier alpha value is -1.84. The summed E-state index contributed by atoms with van der Waals surface area (Å²) in [6.45, 7) is 4.32. The highest BCUT2D eigenvalue weighted by atomic mass is 16.4. The van der Waals surface area contributed by atoms with Gasteiger partial charge in [-0.2, -0.15) is 0 Å². The van der Waals surface area contributed by atoms with E-state index in [9.17, 15) is 4.79 Å². The van der Waals surface area contributed by atoms with Gasteiger partial charge in [0.1, 0.15) is 5.82 Å². The van der Waals surface area contributed by atoms with Crippen LogP contribution in [-0.4, -0.2) is 20.6 Å². The van der Waals surface area contributed by atoms with E-state index in [2.05, 4.69) is 23.4 Å². The number of hydrogen-bond donors (Lipinski definition) is 1. The molecule has 2 aromatic rings. The standard InChI is InChI=1S/C14H16N2O2/c1-3-12-15-10-8-9(13(17)18)4-5-11(10)16(12)14(2)6-7-14/h4-5,8H,3,6-7H2,1-2H3,(H,17,18). The van der Waals surface area contributed by atoms with Crippen LogP contribution in [0.2, 0.25) is 0 Å². The molecule has 0 amide bonds. The number of hydrogen-bond acceptors (Lipinski definition) is 2. The third-order valence-corrected chi connectivity index (χ3v) is 3.80. The Labute approximate surface area is 105 Å². The monoisotopic (exact) mass is 244 g/mol. The minimum atomic E-state index is -0.901. The first-order valence-corrected chi connectivity index (χ1v) is 6.30. The van der Waals surface area contributed by atoms with Crippen LogP contribution in [-0.2, 0) is 12.0 Å². The molecule has 3 rings (SSSR count). The number of aryl methyl sites for hydroxylation is 1. The summed E-state index contributed by atoms with van der Waals surface area (Å²) in [6.07, 6.45) is 3.21. The van der Waals surface area contributed by atoms with Crippen molar-refractivity contribution >= 4 is 17.0 Å². The molecule has 94 valence electrons. The number of imidazole rings is 1. The zero-order valence-electron chi connectivity index (χ0n) is 10.6. The van der Waals surface area contributed by atoms with E-state index in [1.807, 2.05) is 6.07 Å². The van der Waals surface area contributed by atoms with Gasteiger partial charge in [-0.25, -0.2) is 9.78 Å². The van der Waals surface area contributed by atoms with Crippen LogP contribution in [0, 0.1) is 0 Å². The Morgan fingerprint density at radius 3 is 2.78 bits per heavy atom. The topological polar surface area (TPSA) is 55.1 Å². The summed E-state index contributed by atoms with van der Waals surface area (Å²) in [5.41, 5.74) is 2.33. The van der Waals surface area contributed by atoms with Crippen molar-refractivity contribution in [3.05, 3.63) is 29.6 Å². The van der Waals surface area contributed by atoms with E-state index in [4.69, 9.17) is 5.11 Å². The molecule has 0 atom stereocenters. The minimum absolute atomic E-state index is 0.185. The maximum Gasteiger partial charge on any atom is 0.335 e. The summed E-state index contributed by atoms with van der Waals surface area (Å²) in [7, 11) is 0. The van der Waals surface area contributed by atoms with Crippen LogP contribution in [0.3, 0.4) is 0 Å². The zero-order valence-corrected chi connectivity index (χ0v) is 10.6. The summed E-state index contributed by atoms with van der Waals surface area (Å²) in [4.78, 5) is 15.6. The molecular formula is C14H16N2O2. The van der Waals surface area contributed by atoms with Gasteiger partial charge in [-0.05, 0) is 38.0 Å². The smallest absolute Gasteiger partial charge is 0.335 e. The SMILES string of the molecule is CCc1nc2cc(C(=O)O)ccc2n1C1(C)CC1. The fourth-order valence-electron chi connectivity index (χ4n) is 2.51. The van der Waals surface area contributed by atoms with Crippen molar-refractivity contribution in [3.8, 4) is 0 Å². The number of aromatic carboxylic acids is 1. The van der Waals surface area contributed by atoms with Gasteiger partial charge >= 0.3 is 5.97 Å². The lowest BCUT2D eigenvalue weighted by Gasteiger charge is -2.15. The van der Waals surface area contributed by atoms with Crippen molar-refractivity contribution in [3.63, 3.8) is 0 Å². The van der Waals surface area contributed by atoms with Gasteiger partial charge in [-0.1, -0.05) is 6.92 Å². The highest BCUT2D eigenvalue weighted by Crippen LogP contribution is 2.45. The molecule has 0 radical (unpaired) electrons. The number of aromatic nitrogens is 2. The molecule has 0 spiro atoms. The van der Waals surface area contributed by atoms with E-state index < -0.39 is 5.97 Å². The van der Waals surface area contributed by atoms with Gasteiger partial charge in [0, 0.05) is 12.0 Å². The molecule has 1 fully saturated rings. The quantitative estimate of drug-likeness (QED) is 0.903. The average molecular weight is 244 g/mol. The Balaban J connectivity index is 2.25. The summed E-state index contributed by atoms with van der Waals surface area (Å²) in [5, 5.41) is 9.02. The number of benzene rings is 1. The number of carboxylic acid groups (broad SMARTS) is 1. The van der Waals surface area contributed by atoms with Crippen molar-refractivity contribution in [1.82, 2.24) is 9.55 Å². The Morgan fingerprint density at radius 1 is 1.50 bits per heavy atom. The molecule has 0 saturated heterocycles. The average Bonchev–Trinajstić information content (AvgIpc) is 2.97. The maximum atomic E-state index is 11.0. The second kappa shape index (κ2) is 3.57. The minimum Gasteiger partial charge on any atom is -0.478 e.